The molecule has 3 aromatic rings. The fraction of sp³-hybridized carbons (Fsp3) is 0.292. The Morgan fingerprint density at radius 2 is 1.97 bits per heavy atom. The molecule has 32 heavy (non-hydrogen) atoms. The van der Waals surface area contributed by atoms with Crippen molar-refractivity contribution in [2.24, 2.45) is 0 Å². The molecule has 6 nitrogen and oxygen atoms in total. The molecule has 1 saturated heterocycles. The van der Waals surface area contributed by atoms with Gasteiger partial charge in [0.1, 0.15) is 11.6 Å². The summed E-state index contributed by atoms with van der Waals surface area (Å²) in [5, 5.41) is 12.6. The molecule has 8 heteroatoms. The number of hydrogen-bond donors (Lipinski definition) is 2. The van der Waals surface area contributed by atoms with Gasteiger partial charge in [0.05, 0.1) is 47.0 Å². The SMILES string of the molecule is O=C1NCc2nc(-c3c(F)cccc3F)cc(Cc3ccc(N4CCC[C@@H](O)C4)cn3)c21. The molecule has 0 aliphatic carbocycles. The number of aliphatic hydroxyl groups is 1. The Bertz CT molecular complexity index is 1160. The van der Waals surface area contributed by atoms with Crippen LogP contribution in [0.4, 0.5) is 14.5 Å². The van der Waals surface area contributed by atoms with E-state index in [9.17, 15) is 18.7 Å². The van der Waals surface area contributed by atoms with Crippen LogP contribution in [0.5, 0.6) is 0 Å². The number of nitrogens with zero attached hydrogens (tertiary/aromatic N) is 3. The normalized spacial score (nSPS) is 17.9. The second kappa shape index (κ2) is 8.27. The first-order chi connectivity index (χ1) is 15.5. The zero-order valence-corrected chi connectivity index (χ0v) is 17.3. The van der Waals surface area contributed by atoms with E-state index in [0.717, 1.165) is 30.8 Å². The Morgan fingerprint density at radius 3 is 2.69 bits per heavy atom. The smallest absolute Gasteiger partial charge is 0.253 e. The highest BCUT2D eigenvalue weighted by Gasteiger charge is 2.27. The van der Waals surface area contributed by atoms with Crippen LogP contribution in [0.25, 0.3) is 11.3 Å². The third kappa shape index (κ3) is 3.82. The van der Waals surface area contributed by atoms with Crippen LogP contribution in [0.3, 0.4) is 0 Å². The minimum Gasteiger partial charge on any atom is -0.391 e. The van der Waals surface area contributed by atoms with E-state index in [2.05, 4.69) is 20.2 Å². The van der Waals surface area contributed by atoms with Gasteiger partial charge >= 0.3 is 0 Å². The number of amides is 1. The van der Waals surface area contributed by atoms with Gasteiger partial charge in [0.2, 0.25) is 0 Å². The van der Waals surface area contributed by atoms with E-state index in [1.807, 2.05) is 12.1 Å². The van der Waals surface area contributed by atoms with Crippen LogP contribution in [-0.4, -0.2) is 40.2 Å². The number of hydrogen-bond acceptors (Lipinski definition) is 5. The van der Waals surface area contributed by atoms with E-state index in [1.165, 1.54) is 18.2 Å². The number of nitrogens with one attached hydrogen (secondary N) is 1. The van der Waals surface area contributed by atoms with Gasteiger partial charge in [0.15, 0.2) is 0 Å². The second-order valence-corrected chi connectivity index (χ2v) is 8.19. The zero-order chi connectivity index (χ0) is 22.2. The van der Waals surface area contributed by atoms with Gasteiger partial charge in [-0.05, 0) is 48.7 Å². The molecule has 2 aliphatic rings. The molecule has 1 amide bonds. The molecule has 0 unspecified atom stereocenters. The number of fused-ring (bicyclic) bond motifs is 1. The van der Waals surface area contributed by atoms with Gasteiger partial charge in [-0.15, -0.1) is 0 Å². The molecule has 0 radical (unpaired) electrons. The molecule has 2 aromatic heterocycles. The summed E-state index contributed by atoms with van der Waals surface area (Å²) in [4.78, 5) is 23.4. The van der Waals surface area contributed by atoms with E-state index in [-0.39, 0.29) is 29.8 Å². The molecule has 164 valence electrons. The molecule has 1 aromatic carbocycles. The average molecular weight is 436 g/mol. The number of piperidine rings is 1. The van der Waals surface area contributed by atoms with Crippen LogP contribution in [0.1, 0.15) is 40.2 Å². The predicted octanol–water partition coefficient (Wildman–Crippen LogP) is 3.22. The van der Waals surface area contributed by atoms with Crippen LogP contribution in [-0.2, 0) is 13.0 Å². The third-order valence-electron chi connectivity index (χ3n) is 5.98. The Kier molecular flexibility index (Phi) is 5.30. The third-order valence-corrected chi connectivity index (χ3v) is 5.98. The van der Waals surface area contributed by atoms with E-state index < -0.39 is 11.6 Å². The number of benzene rings is 1. The Hall–Kier alpha value is -3.39. The number of carbonyl (C=O) groups excluding carboxylic acids is 1. The highest BCUT2D eigenvalue weighted by molar-refractivity contribution is 5.99. The summed E-state index contributed by atoms with van der Waals surface area (Å²) in [7, 11) is 0. The van der Waals surface area contributed by atoms with Crippen molar-refractivity contribution >= 4 is 11.6 Å². The lowest BCUT2D eigenvalue weighted by Crippen LogP contribution is -2.38. The molecule has 0 saturated carbocycles. The van der Waals surface area contributed by atoms with Crippen molar-refractivity contribution in [3.8, 4) is 11.3 Å². The number of aliphatic hydroxyl groups excluding tert-OH is 1. The van der Waals surface area contributed by atoms with Crippen molar-refractivity contribution in [1.82, 2.24) is 15.3 Å². The van der Waals surface area contributed by atoms with E-state index >= 15 is 0 Å². The number of carbonyl (C=O) groups is 1. The molecule has 2 N–H and O–H groups in total. The molecule has 0 spiro atoms. The maximum Gasteiger partial charge on any atom is 0.253 e. The number of anilines is 1. The molecule has 4 heterocycles. The molecule has 1 atom stereocenters. The van der Waals surface area contributed by atoms with Crippen molar-refractivity contribution in [2.45, 2.75) is 31.9 Å². The number of rotatable bonds is 4. The zero-order valence-electron chi connectivity index (χ0n) is 17.3. The van der Waals surface area contributed by atoms with Crippen LogP contribution < -0.4 is 10.2 Å². The largest absolute Gasteiger partial charge is 0.391 e. The summed E-state index contributed by atoms with van der Waals surface area (Å²) in [5.41, 5.74) is 3.14. The van der Waals surface area contributed by atoms with E-state index in [0.29, 0.717) is 29.8 Å². The number of pyridine rings is 2. The Labute approximate surface area is 183 Å². The summed E-state index contributed by atoms with van der Waals surface area (Å²) < 4.78 is 28.7. The van der Waals surface area contributed by atoms with Gasteiger partial charge in [-0.2, -0.15) is 0 Å². The summed E-state index contributed by atoms with van der Waals surface area (Å²) in [6.45, 7) is 1.67. The molecular weight excluding hydrogens is 414 g/mol. The lowest BCUT2D eigenvalue weighted by Gasteiger charge is -2.31. The van der Waals surface area contributed by atoms with Gasteiger partial charge < -0.3 is 15.3 Å². The fourth-order valence-corrected chi connectivity index (χ4v) is 4.42. The van der Waals surface area contributed by atoms with Gasteiger partial charge in [0.25, 0.3) is 5.91 Å². The van der Waals surface area contributed by atoms with Gasteiger partial charge in [0, 0.05) is 25.2 Å². The van der Waals surface area contributed by atoms with Crippen LogP contribution >= 0.6 is 0 Å². The molecule has 5 rings (SSSR count). The van der Waals surface area contributed by atoms with E-state index in [4.69, 9.17) is 0 Å². The highest BCUT2D eigenvalue weighted by Crippen LogP contribution is 2.30. The number of β-amino-alcohol motifs (C(OH)–C–C–N with tert-alkyl or cyclic N) is 1. The Balaban J connectivity index is 1.48. The summed E-state index contributed by atoms with van der Waals surface area (Å²) >= 11 is 0. The van der Waals surface area contributed by atoms with E-state index in [1.54, 1.807) is 12.3 Å². The maximum absolute atomic E-state index is 14.4. The molecule has 1 fully saturated rings. The summed E-state index contributed by atoms with van der Waals surface area (Å²) in [6, 6.07) is 9.07. The van der Waals surface area contributed by atoms with Crippen molar-refractivity contribution in [1.29, 1.82) is 0 Å². The average Bonchev–Trinajstić information content (AvgIpc) is 3.15. The second-order valence-electron chi connectivity index (χ2n) is 8.19. The first kappa shape index (κ1) is 20.5. The summed E-state index contributed by atoms with van der Waals surface area (Å²) in [6.07, 6.45) is 3.48. The topological polar surface area (TPSA) is 78.4 Å². The maximum atomic E-state index is 14.4. The van der Waals surface area contributed by atoms with Crippen LogP contribution in [0.2, 0.25) is 0 Å². The standard InChI is InChI=1S/C24H22F2N4O2/c25-18-4-1-5-19(26)23(18)20-10-14(22-21(29-20)12-28-24(22)32)9-15-6-7-16(11-27-15)30-8-2-3-17(31)13-30/h1,4-7,10-11,17,31H,2-3,8-9,12-13H2,(H,28,32)/t17-/m1/s1. The van der Waals surface area contributed by atoms with Crippen molar-refractivity contribution in [3.63, 3.8) is 0 Å². The Morgan fingerprint density at radius 1 is 1.16 bits per heavy atom. The first-order valence-electron chi connectivity index (χ1n) is 10.6. The minimum atomic E-state index is -0.702. The quantitative estimate of drug-likeness (QED) is 0.657. The van der Waals surface area contributed by atoms with Crippen molar-refractivity contribution in [2.75, 3.05) is 18.0 Å². The van der Waals surface area contributed by atoms with Gasteiger partial charge in [-0.1, -0.05) is 6.07 Å². The number of halogens is 2. The molecular formula is C24H22F2N4O2. The lowest BCUT2D eigenvalue weighted by atomic mass is 9.98. The fourth-order valence-electron chi connectivity index (χ4n) is 4.42. The lowest BCUT2D eigenvalue weighted by molar-refractivity contribution is 0.0965. The first-order valence-corrected chi connectivity index (χ1v) is 10.6. The highest BCUT2D eigenvalue weighted by atomic mass is 19.1. The van der Waals surface area contributed by atoms with Gasteiger partial charge in [-0.25, -0.2) is 13.8 Å². The van der Waals surface area contributed by atoms with Crippen LogP contribution in [0.15, 0.2) is 42.6 Å². The van der Waals surface area contributed by atoms with Gasteiger partial charge in [-0.3, -0.25) is 9.78 Å². The summed E-state index contributed by atoms with van der Waals surface area (Å²) in [5.74, 6) is -1.65. The minimum absolute atomic E-state index is 0.157. The molecule has 0 bridgehead atoms. The van der Waals surface area contributed by atoms with Crippen molar-refractivity contribution in [3.05, 3.63) is 76.7 Å². The monoisotopic (exact) mass is 436 g/mol. The predicted molar refractivity (Wildman–Crippen MR) is 115 cm³/mol. The number of aromatic nitrogens is 2. The van der Waals surface area contributed by atoms with Crippen LogP contribution in [0, 0.1) is 11.6 Å². The molecule has 2 aliphatic heterocycles. The van der Waals surface area contributed by atoms with Crippen molar-refractivity contribution < 1.29 is 18.7 Å².